The summed E-state index contributed by atoms with van der Waals surface area (Å²) in [6, 6.07) is 8.52. The molecule has 0 atom stereocenters. The molecule has 0 aliphatic rings. The van der Waals surface area contributed by atoms with Crippen molar-refractivity contribution in [1.29, 1.82) is 0 Å². The summed E-state index contributed by atoms with van der Waals surface area (Å²) < 4.78 is 0. The monoisotopic (exact) mass is 204 g/mol. The standard InChI is InChI=1S/C10H8N2O3/c13-10(14)8-5-6-3-1-2-4-7(6)9(11-8)12-15/h1-5,15H,(H,11,12)(H,13,14). The first-order valence-electron chi connectivity index (χ1n) is 4.25. The highest BCUT2D eigenvalue weighted by atomic mass is 16.5. The molecule has 0 spiro atoms. The van der Waals surface area contributed by atoms with Crippen molar-refractivity contribution in [2.75, 3.05) is 5.48 Å². The van der Waals surface area contributed by atoms with Crippen molar-refractivity contribution in [3.8, 4) is 0 Å². The molecule has 0 unspecified atom stereocenters. The van der Waals surface area contributed by atoms with Gasteiger partial charge in [-0.15, -0.1) is 0 Å². The van der Waals surface area contributed by atoms with Crippen molar-refractivity contribution in [3.05, 3.63) is 36.0 Å². The van der Waals surface area contributed by atoms with Crippen molar-refractivity contribution in [2.45, 2.75) is 0 Å². The van der Waals surface area contributed by atoms with Crippen LogP contribution in [-0.4, -0.2) is 21.3 Å². The molecule has 0 fully saturated rings. The summed E-state index contributed by atoms with van der Waals surface area (Å²) in [7, 11) is 0. The lowest BCUT2D eigenvalue weighted by molar-refractivity contribution is 0.0691. The first kappa shape index (κ1) is 9.42. The molecule has 0 aliphatic carbocycles. The molecule has 0 aliphatic heterocycles. The van der Waals surface area contributed by atoms with Crippen LogP contribution in [0.25, 0.3) is 10.8 Å². The molecule has 3 N–H and O–H groups in total. The summed E-state index contributed by atoms with van der Waals surface area (Å²) >= 11 is 0. The Hall–Kier alpha value is -2.14. The van der Waals surface area contributed by atoms with Gasteiger partial charge in [-0.3, -0.25) is 10.7 Å². The minimum Gasteiger partial charge on any atom is -0.477 e. The van der Waals surface area contributed by atoms with Crippen LogP contribution in [0.4, 0.5) is 5.82 Å². The van der Waals surface area contributed by atoms with Crippen molar-refractivity contribution in [3.63, 3.8) is 0 Å². The van der Waals surface area contributed by atoms with Crippen LogP contribution in [-0.2, 0) is 0 Å². The molecule has 0 amide bonds. The van der Waals surface area contributed by atoms with E-state index in [9.17, 15) is 4.79 Å². The first-order chi connectivity index (χ1) is 7.22. The predicted molar refractivity (Wildman–Crippen MR) is 54.1 cm³/mol. The molecule has 0 radical (unpaired) electrons. The number of hydrogen-bond acceptors (Lipinski definition) is 4. The Balaban J connectivity index is 2.77. The number of pyridine rings is 1. The molecule has 5 nitrogen and oxygen atoms in total. The van der Waals surface area contributed by atoms with Gasteiger partial charge in [0, 0.05) is 5.39 Å². The average molecular weight is 204 g/mol. The summed E-state index contributed by atoms with van der Waals surface area (Å²) in [4.78, 5) is 14.5. The molecule has 1 aromatic carbocycles. The number of rotatable bonds is 2. The summed E-state index contributed by atoms with van der Waals surface area (Å²) in [6.07, 6.45) is 0. The van der Waals surface area contributed by atoms with Gasteiger partial charge in [0.1, 0.15) is 0 Å². The number of carbonyl (C=O) groups is 1. The molecule has 2 aromatic rings. The van der Waals surface area contributed by atoms with Crippen LogP contribution in [0, 0.1) is 0 Å². The van der Waals surface area contributed by atoms with Crippen LogP contribution < -0.4 is 5.48 Å². The summed E-state index contributed by atoms with van der Waals surface area (Å²) in [6.45, 7) is 0. The Kier molecular flexibility index (Phi) is 2.23. The zero-order valence-corrected chi connectivity index (χ0v) is 7.64. The number of nitrogens with one attached hydrogen (secondary N) is 1. The van der Waals surface area contributed by atoms with E-state index in [1.807, 2.05) is 5.48 Å². The zero-order valence-electron chi connectivity index (χ0n) is 7.64. The normalized spacial score (nSPS) is 10.2. The van der Waals surface area contributed by atoms with Crippen molar-refractivity contribution < 1.29 is 15.1 Å². The van der Waals surface area contributed by atoms with Gasteiger partial charge in [-0.05, 0) is 11.5 Å². The van der Waals surface area contributed by atoms with E-state index in [1.54, 1.807) is 24.3 Å². The van der Waals surface area contributed by atoms with Crippen molar-refractivity contribution in [2.24, 2.45) is 0 Å². The fraction of sp³-hybridized carbons (Fsp3) is 0. The Bertz CT molecular complexity index is 525. The Morgan fingerprint density at radius 1 is 1.33 bits per heavy atom. The number of hydrogen-bond donors (Lipinski definition) is 3. The van der Waals surface area contributed by atoms with Crippen LogP contribution in [0.1, 0.15) is 10.5 Å². The van der Waals surface area contributed by atoms with Gasteiger partial charge in [0.05, 0.1) is 0 Å². The van der Waals surface area contributed by atoms with Gasteiger partial charge in [0.25, 0.3) is 0 Å². The van der Waals surface area contributed by atoms with E-state index < -0.39 is 5.97 Å². The van der Waals surface area contributed by atoms with Gasteiger partial charge in [0.2, 0.25) is 0 Å². The lowest BCUT2D eigenvalue weighted by Crippen LogP contribution is -2.03. The second-order valence-corrected chi connectivity index (χ2v) is 2.99. The summed E-state index contributed by atoms with van der Waals surface area (Å²) in [5.41, 5.74) is 1.78. The number of carboxylic acids is 1. The quantitative estimate of drug-likeness (QED) is 0.649. The first-order valence-corrected chi connectivity index (χ1v) is 4.25. The Morgan fingerprint density at radius 3 is 2.73 bits per heavy atom. The molecule has 76 valence electrons. The molecule has 1 aromatic heterocycles. The molecule has 2 rings (SSSR count). The number of anilines is 1. The van der Waals surface area contributed by atoms with Crippen LogP contribution in [0.2, 0.25) is 0 Å². The smallest absolute Gasteiger partial charge is 0.354 e. The lowest BCUT2D eigenvalue weighted by atomic mass is 10.1. The number of aromatic carboxylic acids is 1. The zero-order chi connectivity index (χ0) is 10.8. The van der Waals surface area contributed by atoms with Crippen molar-refractivity contribution >= 4 is 22.6 Å². The van der Waals surface area contributed by atoms with Gasteiger partial charge in [-0.25, -0.2) is 9.78 Å². The Labute approximate surface area is 85.0 Å². The highest BCUT2D eigenvalue weighted by Crippen LogP contribution is 2.21. The average Bonchev–Trinajstić information content (AvgIpc) is 2.27. The third-order valence-corrected chi connectivity index (χ3v) is 2.07. The Morgan fingerprint density at radius 2 is 2.07 bits per heavy atom. The topological polar surface area (TPSA) is 82.5 Å². The molecule has 5 heteroatoms. The van der Waals surface area contributed by atoms with E-state index in [0.717, 1.165) is 0 Å². The number of fused-ring (bicyclic) bond motifs is 1. The van der Waals surface area contributed by atoms with E-state index in [2.05, 4.69) is 4.98 Å². The number of carboxylic acid groups (broad SMARTS) is 1. The number of benzene rings is 1. The van der Waals surface area contributed by atoms with Gasteiger partial charge < -0.3 is 5.11 Å². The van der Waals surface area contributed by atoms with Gasteiger partial charge >= 0.3 is 5.97 Å². The third-order valence-electron chi connectivity index (χ3n) is 2.07. The number of aromatic nitrogens is 1. The lowest BCUT2D eigenvalue weighted by Gasteiger charge is -2.05. The van der Waals surface area contributed by atoms with E-state index in [0.29, 0.717) is 10.8 Å². The van der Waals surface area contributed by atoms with Crippen LogP contribution in [0.5, 0.6) is 0 Å². The van der Waals surface area contributed by atoms with Gasteiger partial charge in [-0.1, -0.05) is 24.3 Å². The van der Waals surface area contributed by atoms with E-state index in [-0.39, 0.29) is 11.5 Å². The van der Waals surface area contributed by atoms with E-state index in [1.165, 1.54) is 6.07 Å². The van der Waals surface area contributed by atoms with Crippen LogP contribution >= 0.6 is 0 Å². The molecule has 0 bridgehead atoms. The van der Waals surface area contributed by atoms with Crippen molar-refractivity contribution in [1.82, 2.24) is 4.98 Å². The minimum atomic E-state index is -1.13. The van der Waals surface area contributed by atoms with Gasteiger partial charge in [0.15, 0.2) is 11.5 Å². The van der Waals surface area contributed by atoms with Crippen LogP contribution in [0.15, 0.2) is 30.3 Å². The highest BCUT2D eigenvalue weighted by Gasteiger charge is 2.09. The second-order valence-electron chi connectivity index (χ2n) is 2.99. The predicted octanol–water partition coefficient (Wildman–Crippen LogP) is 1.73. The molecule has 0 saturated heterocycles. The summed E-state index contributed by atoms with van der Waals surface area (Å²) in [5, 5.41) is 19.0. The molecule has 1 heterocycles. The second kappa shape index (κ2) is 3.55. The third kappa shape index (κ3) is 1.60. The highest BCUT2D eigenvalue weighted by molar-refractivity contribution is 5.97. The van der Waals surface area contributed by atoms with Crippen LogP contribution in [0.3, 0.4) is 0 Å². The maximum absolute atomic E-state index is 10.7. The molecule has 0 saturated carbocycles. The SMILES string of the molecule is O=C(O)c1cc2ccccc2c(NO)n1. The molecular weight excluding hydrogens is 196 g/mol. The fourth-order valence-electron chi connectivity index (χ4n) is 1.39. The van der Waals surface area contributed by atoms with E-state index >= 15 is 0 Å². The number of nitrogens with zero attached hydrogens (tertiary/aromatic N) is 1. The summed E-state index contributed by atoms with van der Waals surface area (Å²) in [5.74, 6) is -0.984. The molecular formula is C10H8N2O3. The van der Waals surface area contributed by atoms with Gasteiger partial charge in [-0.2, -0.15) is 0 Å². The fourth-order valence-corrected chi connectivity index (χ4v) is 1.39. The molecule has 15 heavy (non-hydrogen) atoms. The largest absolute Gasteiger partial charge is 0.477 e. The maximum atomic E-state index is 10.7. The maximum Gasteiger partial charge on any atom is 0.354 e. The van der Waals surface area contributed by atoms with E-state index in [4.69, 9.17) is 10.3 Å². The minimum absolute atomic E-state index is 0.106.